The molecule has 6 heteroatoms. The second-order valence-corrected chi connectivity index (χ2v) is 6.48. The summed E-state index contributed by atoms with van der Waals surface area (Å²) in [5.74, 6) is 1.48. The summed E-state index contributed by atoms with van der Waals surface area (Å²) in [5, 5.41) is 4.52. The number of nitrogens with one attached hydrogen (secondary N) is 1. The molecule has 1 heterocycles. The summed E-state index contributed by atoms with van der Waals surface area (Å²) in [7, 11) is 0. The van der Waals surface area contributed by atoms with E-state index in [0.717, 1.165) is 11.1 Å². The zero-order valence-corrected chi connectivity index (χ0v) is 15.8. The van der Waals surface area contributed by atoms with Crippen LogP contribution in [0.5, 0.6) is 5.75 Å². The Labute approximate surface area is 162 Å². The highest BCUT2D eigenvalue weighted by Crippen LogP contribution is 2.24. The molecule has 0 radical (unpaired) electrons. The van der Waals surface area contributed by atoms with E-state index in [1.165, 1.54) is 11.8 Å². The van der Waals surface area contributed by atoms with E-state index in [-0.39, 0.29) is 12.5 Å². The Morgan fingerprint density at radius 1 is 1.15 bits per heavy atom. The van der Waals surface area contributed by atoms with E-state index >= 15 is 0 Å². The lowest BCUT2D eigenvalue weighted by Gasteiger charge is -2.07. The standard InChI is InChI=1S/C21H19ClN2O3/c1-14-6-7-18(10-15(14)2)26-13-21(25)24-23-12-19-8-9-20(27-19)16-4-3-5-17(22)11-16/h3-12H,13H2,1-2H3,(H,24,25). The summed E-state index contributed by atoms with van der Waals surface area (Å²) in [6.07, 6.45) is 1.43. The second kappa shape index (κ2) is 8.56. The Morgan fingerprint density at radius 3 is 2.78 bits per heavy atom. The maximum atomic E-state index is 11.8. The number of carbonyl (C=O) groups is 1. The van der Waals surface area contributed by atoms with Gasteiger partial charge in [-0.2, -0.15) is 5.10 Å². The highest BCUT2D eigenvalue weighted by molar-refractivity contribution is 6.30. The summed E-state index contributed by atoms with van der Waals surface area (Å²) < 4.78 is 11.1. The summed E-state index contributed by atoms with van der Waals surface area (Å²) in [6, 6.07) is 16.6. The van der Waals surface area contributed by atoms with Crippen LogP contribution in [0.2, 0.25) is 5.02 Å². The molecule has 0 unspecified atom stereocenters. The van der Waals surface area contributed by atoms with Gasteiger partial charge in [0.25, 0.3) is 5.91 Å². The Balaban J connectivity index is 1.51. The van der Waals surface area contributed by atoms with Crippen LogP contribution >= 0.6 is 11.6 Å². The quantitative estimate of drug-likeness (QED) is 0.494. The highest BCUT2D eigenvalue weighted by Gasteiger charge is 2.05. The minimum absolute atomic E-state index is 0.119. The van der Waals surface area contributed by atoms with Crippen molar-refractivity contribution in [3.63, 3.8) is 0 Å². The van der Waals surface area contributed by atoms with Gasteiger partial charge >= 0.3 is 0 Å². The molecule has 0 aliphatic rings. The number of hydrogen-bond acceptors (Lipinski definition) is 4. The lowest BCUT2D eigenvalue weighted by Crippen LogP contribution is -2.24. The Morgan fingerprint density at radius 2 is 2.00 bits per heavy atom. The maximum absolute atomic E-state index is 11.8. The van der Waals surface area contributed by atoms with Crippen LogP contribution < -0.4 is 10.2 Å². The normalized spacial score (nSPS) is 10.9. The first kappa shape index (κ1) is 18.7. The van der Waals surface area contributed by atoms with Gasteiger partial charge in [-0.25, -0.2) is 5.43 Å². The molecule has 1 aromatic heterocycles. The van der Waals surface area contributed by atoms with Crippen molar-refractivity contribution in [3.05, 3.63) is 76.5 Å². The molecule has 3 aromatic rings. The zero-order valence-electron chi connectivity index (χ0n) is 15.0. The molecular formula is C21H19ClN2O3. The third-order valence-corrected chi connectivity index (χ3v) is 4.20. The van der Waals surface area contributed by atoms with Gasteiger partial charge in [-0.15, -0.1) is 0 Å². The summed E-state index contributed by atoms with van der Waals surface area (Å²) in [4.78, 5) is 11.8. The van der Waals surface area contributed by atoms with Crippen LogP contribution in [-0.4, -0.2) is 18.7 Å². The average molecular weight is 383 g/mol. The van der Waals surface area contributed by atoms with Crippen molar-refractivity contribution in [1.82, 2.24) is 5.43 Å². The predicted molar refractivity (Wildman–Crippen MR) is 106 cm³/mol. The van der Waals surface area contributed by atoms with E-state index in [1.807, 2.05) is 56.3 Å². The van der Waals surface area contributed by atoms with Crippen molar-refractivity contribution in [2.75, 3.05) is 6.61 Å². The molecule has 0 saturated heterocycles. The molecule has 0 spiro atoms. The first-order valence-electron chi connectivity index (χ1n) is 8.39. The van der Waals surface area contributed by atoms with Gasteiger partial charge < -0.3 is 9.15 Å². The van der Waals surface area contributed by atoms with E-state index in [0.29, 0.717) is 22.3 Å². The van der Waals surface area contributed by atoms with E-state index in [1.54, 1.807) is 12.1 Å². The van der Waals surface area contributed by atoms with Gasteiger partial charge in [0, 0.05) is 10.6 Å². The number of hydrazone groups is 1. The van der Waals surface area contributed by atoms with E-state index < -0.39 is 0 Å². The van der Waals surface area contributed by atoms with Crippen LogP contribution in [0, 0.1) is 13.8 Å². The van der Waals surface area contributed by atoms with Crippen LogP contribution in [0.25, 0.3) is 11.3 Å². The second-order valence-electron chi connectivity index (χ2n) is 6.04. The molecule has 0 bridgehead atoms. The minimum atomic E-state index is -0.355. The summed E-state index contributed by atoms with van der Waals surface area (Å²) in [6.45, 7) is 3.90. The molecule has 27 heavy (non-hydrogen) atoms. The van der Waals surface area contributed by atoms with Crippen LogP contribution in [0.1, 0.15) is 16.9 Å². The van der Waals surface area contributed by atoms with Crippen LogP contribution in [-0.2, 0) is 4.79 Å². The predicted octanol–water partition coefficient (Wildman–Crippen LogP) is 4.75. The molecule has 0 aliphatic heterocycles. The number of rotatable bonds is 6. The Kier molecular flexibility index (Phi) is 5.94. The number of halogens is 1. The number of hydrogen-bond donors (Lipinski definition) is 1. The molecule has 3 rings (SSSR count). The van der Waals surface area contributed by atoms with Crippen LogP contribution in [0.3, 0.4) is 0 Å². The van der Waals surface area contributed by atoms with E-state index in [2.05, 4.69) is 10.5 Å². The fourth-order valence-electron chi connectivity index (χ4n) is 2.37. The van der Waals surface area contributed by atoms with Gasteiger partial charge in [-0.05, 0) is 61.4 Å². The molecule has 0 aliphatic carbocycles. The third-order valence-electron chi connectivity index (χ3n) is 3.97. The summed E-state index contributed by atoms with van der Waals surface area (Å²) in [5.41, 5.74) is 5.56. The van der Waals surface area contributed by atoms with Gasteiger partial charge in [0.05, 0.1) is 6.21 Å². The van der Waals surface area contributed by atoms with Gasteiger partial charge in [-0.1, -0.05) is 29.8 Å². The molecule has 5 nitrogen and oxygen atoms in total. The van der Waals surface area contributed by atoms with Crippen molar-refractivity contribution in [3.8, 4) is 17.1 Å². The van der Waals surface area contributed by atoms with E-state index in [9.17, 15) is 4.79 Å². The number of aryl methyl sites for hydroxylation is 2. The summed E-state index contributed by atoms with van der Waals surface area (Å²) >= 11 is 5.98. The maximum Gasteiger partial charge on any atom is 0.277 e. The zero-order chi connectivity index (χ0) is 19.2. The number of nitrogens with zero attached hydrogens (tertiary/aromatic N) is 1. The van der Waals surface area contributed by atoms with Gasteiger partial charge in [0.15, 0.2) is 6.61 Å². The van der Waals surface area contributed by atoms with Crippen LogP contribution in [0.15, 0.2) is 64.1 Å². The first-order valence-corrected chi connectivity index (χ1v) is 8.77. The fraction of sp³-hybridized carbons (Fsp3) is 0.143. The Bertz CT molecular complexity index is 979. The topological polar surface area (TPSA) is 63.8 Å². The van der Waals surface area contributed by atoms with Crippen LogP contribution in [0.4, 0.5) is 0 Å². The molecule has 0 atom stereocenters. The van der Waals surface area contributed by atoms with Gasteiger partial charge in [0.1, 0.15) is 17.3 Å². The number of benzene rings is 2. The number of amides is 1. The van der Waals surface area contributed by atoms with Gasteiger partial charge in [-0.3, -0.25) is 4.79 Å². The number of carbonyl (C=O) groups excluding carboxylic acids is 1. The first-order chi connectivity index (χ1) is 13.0. The van der Waals surface area contributed by atoms with Crippen molar-refractivity contribution in [1.29, 1.82) is 0 Å². The lowest BCUT2D eigenvalue weighted by atomic mass is 10.1. The molecule has 0 saturated carbocycles. The molecule has 1 N–H and O–H groups in total. The molecule has 2 aromatic carbocycles. The molecular weight excluding hydrogens is 364 g/mol. The SMILES string of the molecule is Cc1ccc(OCC(=O)NN=Cc2ccc(-c3cccc(Cl)c3)o2)cc1C. The number of ether oxygens (including phenoxy) is 1. The largest absolute Gasteiger partial charge is 0.484 e. The third kappa shape index (κ3) is 5.21. The monoisotopic (exact) mass is 382 g/mol. The lowest BCUT2D eigenvalue weighted by molar-refractivity contribution is -0.123. The smallest absolute Gasteiger partial charge is 0.277 e. The number of furan rings is 1. The fourth-order valence-corrected chi connectivity index (χ4v) is 2.56. The molecule has 1 amide bonds. The van der Waals surface area contributed by atoms with Crippen molar-refractivity contribution in [2.24, 2.45) is 5.10 Å². The average Bonchev–Trinajstić information content (AvgIpc) is 3.12. The van der Waals surface area contributed by atoms with Crippen molar-refractivity contribution in [2.45, 2.75) is 13.8 Å². The van der Waals surface area contributed by atoms with E-state index in [4.69, 9.17) is 20.8 Å². The highest BCUT2D eigenvalue weighted by atomic mass is 35.5. The van der Waals surface area contributed by atoms with Crippen molar-refractivity contribution >= 4 is 23.7 Å². The minimum Gasteiger partial charge on any atom is -0.484 e. The molecule has 138 valence electrons. The van der Waals surface area contributed by atoms with Gasteiger partial charge in [0.2, 0.25) is 0 Å². The van der Waals surface area contributed by atoms with Crippen molar-refractivity contribution < 1.29 is 13.9 Å². The Hall–Kier alpha value is -3.05. The molecule has 0 fully saturated rings.